The fourth-order valence-corrected chi connectivity index (χ4v) is 3.19. The van der Waals surface area contributed by atoms with Gasteiger partial charge in [-0.25, -0.2) is 4.68 Å². The third-order valence-corrected chi connectivity index (χ3v) is 4.86. The zero-order chi connectivity index (χ0) is 14.9. The van der Waals surface area contributed by atoms with Crippen molar-refractivity contribution in [3.63, 3.8) is 0 Å². The lowest BCUT2D eigenvalue weighted by Crippen LogP contribution is -2.00. The molecule has 1 aromatic carbocycles. The average molecular weight is 288 g/mol. The molecule has 1 unspecified atom stereocenters. The molecule has 0 radical (unpaired) electrons. The third-order valence-electron chi connectivity index (χ3n) is 3.89. The second kappa shape index (κ2) is 6.04. The van der Waals surface area contributed by atoms with Gasteiger partial charge >= 0.3 is 0 Å². The van der Waals surface area contributed by atoms with Gasteiger partial charge in [-0.05, 0) is 56.2 Å². The van der Waals surface area contributed by atoms with E-state index in [1.807, 2.05) is 11.8 Å². The van der Waals surface area contributed by atoms with Crippen LogP contribution in [0.1, 0.15) is 54.5 Å². The lowest BCUT2D eigenvalue weighted by atomic mass is 10.0. The number of benzene rings is 1. The number of rotatable bonds is 4. The van der Waals surface area contributed by atoms with E-state index in [0.29, 0.717) is 11.2 Å². The number of thioether (sulfide) groups is 1. The molecule has 0 N–H and O–H groups in total. The smallest absolute Gasteiger partial charge is 0.0649 e. The predicted octanol–water partition coefficient (Wildman–Crippen LogP) is 5.04. The average Bonchev–Trinajstić information content (AvgIpc) is 2.73. The molecule has 0 aliphatic rings. The topological polar surface area (TPSA) is 17.8 Å². The molecule has 3 heteroatoms. The van der Waals surface area contributed by atoms with E-state index in [4.69, 9.17) is 5.10 Å². The molecule has 108 valence electrons. The Hall–Kier alpha value is -1.22. The van der Waals surface area contributed by atoms with Crippen molar-refractivity contribution in [2.75, 3.05) is 6.26 Å². The molecule has 2 nitrogen and oxygen atoms in total. The Morgan fingerprint density at radius 2 is 1.65 bits per heavy atom. The fourth-order valence-electron chi connectivity index (χ4n) is 2.76. The largest absolute Gasteiger partial charge is 0.238 e. The molecule has 0 spiro atoms. The van der Waals surface area contributed by atoms with Crippen molar-refractivity contribution in [3.8, 4) is 5.69 Å². The van der Waals surface area contributed by atoms with Crippen molar-refractivity contribution in [1.29, 1.82) is 0 Å². The first-order chi connectivity index (χ1) is 9.45. The zero-order valence-electron chi connectivity index (χ0n) is 13.3. The monoisotopic (exact) mass is 288 g/mol. The molecule has 20 heavy (non-hydrogen) atoms. The second-order valence-corrected chi connectivity index (χ2v) is 6.80. The van der Waals surface area contributed by atoms with Crippen LogP contribution in [0.5, 0.6) is 0 Å². The number of nitrogens with zero attached hydrogens (tertiary/aromatic N) is 2. The summed E-state index contributed by atoms with van der Waals surface area (Å²) in [4.78, 5) is 0. The Bertz CT molecular complexity index is 582. The Balaban J connectivity index is 2.40. The summed E-state index contributed by atoms with van der Waals surface area (Å²) in [5.74, 6) is 0.513. The summed E-state index contributed by atoms with van der Waals surface area (Å²) < 4.78 is 2.07. The van der Waals surface area contributed by atoms with E-state index >= 15 is 0 Å². The first-order valence-electron chi connectivity index (χ1n) is 7.15. The van der Waals surface area contributed by atoms with Crippen LogP contribution >= 0.6 is 11.8 Å². The maximum Gasteiger partial charge on any atom is 0.0649 e. The Labute approximate surface area is 126 Å². The van der Waals surface area contributed by atoms with Crippen LogP contribution in [0.2, 0.25) is 0 Å². The molecule has 1 aromatic heterocycles. The normalized spacial score (nSPS) is 12.9. The van der Waals surface area contributed by atoms with Gasteiger partial charge in [0.2, 0.25) is 0 Å². The van der Waals surface area contributed by atoms with Gasteiger partial charge in [-0.15, -0.1) is 0 Å². The number of hydrogen-bond donors (Lipinski definition) is 0. The van der Waals surface area contributed by atoms with Crippen LogP contribution in [0.15, 0.2) is 24.3 Å². The van der Waals surface area contributed by atoms with E-state index in [1.54, 1.807) is 0 Å². The van der Waals surface area contributed by atoms with Crippen molar-refractivity contribution in [2.45, 2.75) is 45.8 Å². The highest BCUT2D eigenvalue weighted by molar-refractivity contribution is 7.98. The van der Waals surface area contributed by atoms with Gasteiger partial charge in [-0.2, -0.15) is 16.9 Å². The molecule has 1 atom stereocenters. The molecule has 0 aliphatic carbocycles. The van der Waals surface area contributed by atoms with Gasteiger partial charge in [0.05, 0.1) is 11.4 Å². The summed E-state index contributed by atoms with van der Waals surface area (Å²) in [6, 6.07) is 8.77. The van der Waals surface area contributed by atoms with Gasteiger partial charge in [0.15, 0.2) is 0 Å². The first kappa shape index (κ1) is 15.2. The second-order valence-electron chi connectivity index (χ2n) is 5.62. The summed E-state index contributed by atoms with van der Waals surface area (Å²) in [5.41, 5.74) is 6.27. The van der Waals surface area contributed by atoms with E-state index < -0.39 is 0 Å². The van der Waals surface area contributed by atoms with Crippen molar-refractivity contribution < 1.29 is 0 Å². The number of hydrogen-bond acceptors (Lipinski definition) is 2. The summed E-state index contributed by atoms with van der Waals surface area (Å²) >= 11 is 1.87. The first-order valence-corrected chi connectivity index (χ1v) is 8.43. The van der Waals surface area contributed by atoms with Crippen LogP contribution < -0.4 is 0 Å². The van der Waals surface area contributed by atoms with Gasteiger partial charge in [0.25, 0.3) is 0 Å². The minimum Gasteiger partial charge on any atom is -0.238 e. The minimum absolute atomic E-state index is 0.513. The fraction of sp³-hybridized carbons (Fsp3) is 0.471. The van der Waals surface area contributed by atoms with E-state index in [9.17, 15) is 0 Å². The molecule has 0 saturated carbocycles. The van der Waals surface area contributed by atoms with Gasteiger partial charge in [-0.1, -0.05) is 26.0 Å². The molecular formula is C17H24N2S. The number of aryl methyl sites for hydroxylation is 1. The molecule has 0 aliphatic heterocycles. The summed E-state index contributed by atoms with van der Waals surface area (Å²) in [7, 11) is 0. The maximum absolute atomic E-state index is 4.71. The molecule has 1 heterocycles. The molecule has 0 amide bonds. The molecule has 0 fully saturated rings. The molecule has 2 aromatic rings. The number of aromatic nitrogens is 2. The van der Waals surface area contributed by atoms with Crippen molar-refractivity contribution in [1.82, 2.24) is 9.78 Å². The van der Waals surface area contributed by atoms with Crippen LogP contribution in [-0.4, -0.2) is 16.0 Å². The summed E-state index contributed by atoms with van der Waals surface area (Å²) in [6.07, 6.45) is 2.15. The van der Waals surface area contributed by atoms with Crippen LogP contribution in [0.25, 0.3) is 5.69 Å². The van der Waals surface area contributed by atoms with Crippen molar-refractivity contribution in [3.05, 3.63) is 46.8 Å². The highest BCUT2D eigenvalue weighted by Crippen LogP contribution is 2.28. The predicted molar refractivity (Wildman–Crippen MR) is 89.1 cm³/mol. The standard InChI is InChI=1S/C17H24N2S/c1-11(2)17-12(3)18-19(13(17)4)16-9-7-15(8-10-16)14(5)20-6/h7-11,14H,1-6H3. The Kier molecular flexibility index (Phi) is 4.59. The molecule has 0 bridgehead atoms. The third kappa shape index (κ3) is 2.78. The van der Waals surface area contributed by atoms with Gasteiger partial charge < -0.3 is 0 Å². The van der Waals surface area contributed by atoms with Crippen LogP contribution in [0.3, 0.4) is 0 Å². The van der Waals surface area contributed by atoms with Crippen molar-refractivity contribution in [2.24, 2.45) is 0 Å². The molecule has 2 rings (SSSR count). The Morgan fingerprint density at radius 3 is 2.10 bits per heavy atom. The van der Waals surface area contributed by atoms with Crippen LogP contribution in [-0.2, 0) is 0 Å². The molecular weight excluding hydrogens is 264 g/mol. The Morgan fingerprint density at radius 1 is 1.05 bits per heavy atom. The lowest BCUT2D eigenvalue weighted by Gasteiger charge is -2.11. The van der Waals surface area contributed by atoms with Crippen molar-refractivity contribution >= 4 is 11.8 Å². The van der Waals surface area contributed by atoms with Crippen LogP contribution in [0.4, 0.5) is 0 Å². The molecule has 0 saturated heterocycles. The van der Waals surface area contributed by atoms with Gasteiger partial charge in [-0.3, -0.25) is 0 Å². The van der Waals surface area contributed by atoms with E-state index in [1.165, 1.54) is 16.8 Å². The quantitative estimate of drug-likeness (QED) is 0.784. The maximum atomic E-state index is 4.71. The van der Waals surface area contributed by atoms with E-state index in [0.717, 1.165) is 11.4 Å². The van der Waals surface area contributed by atoms with E-state index in [-0.39, 0.29) is 0 Å². The summed E-state index contributed by atoms with van der Waals surface area (Å²) in [5, 5.41) is 5.25. The zero-order valence-corrected chi connectivity index (χ0v) is 14.1. The van der Waals surface area contributed by atoms with Crippen LogP contribution in [0, 0.1) is 13.8 Å². The van der Waals surface area contributed by atoms with Gasteiger partial charge in [0, 0.05) is 10.9 Å². The lowest BCUT2D eigenvalue weighted by molar-refractivity contribution is 0.822. The SMILES string of the molecule is CSC(C)c1ccc(-n2nc(C)c(C(C)C)c2C)cc1. The minimum atomic E-state index is 0.513. The summed E-state index contributed by atoms with van der Waals surface area (Å²) in [6.45, 7) is 11.0. The highest BCUT2D eigenvalue weighted by Gasteiger charge is 2.15. The van der Waals surface area contributed by atoms with Gasteiger partial charge in [0.1, 0.15) is 0 Å². The highest BCUT2D eigenvalue weighted by atomic mass is 32.2. The van der Waals surface area contributed by atoms with E-state index in [2.05, 4.69) is 69.8 Å².